The summed E-state index contributed by atoms with van der Waals surface area (Å²) in [6, 6.07) is 19.4. The molecule has 3 aromatic carbocycles. The zero-order valence-electron chi connectivity index (χ0n) is 20.4. The number of esters is 1. The Kier molecular flexibility index (Phi) is 7.18. The molecule has 0 saturated heterocycles. The predicted molar refractivity (Wildman–Crippen MR) is 147 cm³/mol. The second-order valence-corrected chi connectivity index (χ2v) is 9.10. The first kappa shape index (κ1) is 25.5. The molecule has 0 aliphatic heterocycles. The molecule has 0 aliphatic rings. The van der Waals surface area contributed by atoms with E-state index in [1.165, 1.54) is 10.9 Å². The summed E-state index contributed by atoms with van der Waals surface area (Å²) in [5.74, 6) is 0.227. The van der Waals surface area contributed by atoms with Crippen LogP contribution in [0.2, 0.25) is 10.0 Å². The summed E-state index contributed by atoms with van der Waals surface area (Å²) in [7, 11) is 0. The minimum absolute atomic E-state index is 0.138. The molecule has 5 rings (SSSR count). The average molecular weight is 550 g/mol. The summed E-state index contributed by atoms with van der Waals surface area (Å²) in [5, 5.41) is 6.02. The Morgan fingerprint density at radius 3 is 2.55 bits per heavy atom. The van der Waals surface area contributed by atoms with Gasteiger partial charge in [0.05, 0.1) is 33.8 Å². The molecular formula is C28H21Cl2N3O5. The number of aromatic nitrogens is 2. The Labute approximate surface area is 227 Å². The van der Waals surface area contributed by atoms with E-state index in [-0.39, 0.29) is 33.8 Å². The topological polar surface area (TPSA) is 95.9 Å². The van der Waals surface area contributed by atoms with Crippen LogP contribution in [0.3, 0.4) is 0 Å². The van der Waals surface area contributed by atoms with E-state index in [0.717, 1.165) is 5.39 Å². The van der Waals surface area contributed by atoms with Crippen LogP contribution in [0.25, 0.3) is 33.5 Å². The monoisotopic (exact) mass is 549 g/mol. The van der Waals surface area contributed by atoms with Gasteiger partial charge in [-0.2, -0.15) is 9.78 Å². The Bertz CT molecular complexity index is 1700. The van der Waals surface area contributed by atoms with Crippen molar-refractivity contribution in [3.63, 3.8) is 0 Å². The molecule has 0 amide bonds. The Balaban J connectivity index is 1.55. The van der Waals surface area contributed by atoms with Crippen LogP contribution in [0, 0.1) is 0 Å². The molecule has 192 valence electrons. The minimum atomic E-state index is -0.905. The van der Waals surface area contributed by atoms with Gasteiger partial charge >= 0.3 is 5.97 Å². The van der Waals surface area contributed by atoms with Gasteiger partial charge in [-0.3, -0.25) is 4.79 Å². The lowest BCUT2D eigenvalue weighted by atomic mass is 10.2. The molecule has 0 bridgehead atoms. The number of carbonyl (C=O) groups is 1. The van der Waals surface area contributed by atoms with Crippen LogP contribution >= 0.6 is 23.2 Å². The number of furan rings is 1. The van der Waals surface area contributed by atoms with Crippen LogP contribution in [0.4, 0.5) is 0 Å². The Morgan fingerprint density at radius 1 is 1.11 bits per heavy atom. The summed E-state index contributed by atoms with van der Waals surface area (Å²) in [6.45, 7) is 3.47. The summed E-state index contributed by atoms with van der Waals surface area (Å²) in [4.78, 5) is 30.0. The van der Waals surface area contributed by atoms with Crippen LogP contribution in [0.5, 0.6) is 5.75 Å². The van der Waals surface area contributed by atoms with Gasteiger partial charge in [0.2, 0.25) is 5.82 Å². The maximum absolute atomic E-state index is 13.4. The molecule has 0 N–H and O–H groups in total. The maximum Gasteiger partial charge on any atom is 0.347 e. The minimum Gasteiger partial charge on any atom is -0.476 e. The van der Waals surface area contributed by atoms with Crippen molar-refractivity contribution in [3.8, 4) is 17.3 Å². The number of para-hydroxylation sites is 2. The first-order chi connectivity index (χ1) is 18.4. The number of nitrogens with zero attached hydrogens (tertiary/aromatic N) is 3. The van der Waals surface area contributed by atoms with Crippen molar-refractivity contribution >= 4 is 57.3 Å². The molecule has 0 fully saturated rings. The van der Waals surface area contributed by atoms with Crippen molar-refractivity contribution in [2.75, 3.05) is 6.61 Å². The SMILES string of the molecule is CCOC(=O)[C@@H](C)Oc1c(Cl)cc(C=Nn2c(-c3cc4ccccc4o3)nc3ccccc3c2=O)cc1Cl. The zero-order chi connectivity index (χ0) is 26.8. The Hall–Kier alpha value is -4.14. The largest absolute Gasteiger partial charge is 0.476 e. The number of hydrogen-bond acceptors (Lipinski definition) is 7. The van der Waals surface area contributed by atoms with Gasteiger partial charge in [0.1, 0.15) is 5.58 Å². The second kappa shape index (κ2) is 10.7. The lowest BCUT2D eigenvalue weighted by molar-refractivity contribution is -0.150. The number of fused-ring (bicyclic) bond motifs is 2. The average Bonchev–Trinajstić information content (AvgIpc) is 3.34. The van der Waals surface area contributed by atoms with Crippen molar-refractivity contribution in [1.82, 2.24) is 9.66 Å². The lowest BCUT2D eigenvalue weighted by Crippen LogP contribution is -2.26. The highest BCUT2D eigenvalue weighted by molar-refractivity contribution is 6.37. The number of ether oxygens (including phenoxy) is 2. The van der Waals surface area contributed by atoms with Gasteiger partial charge in [-0.1, -0.05) is 53.5 Å². The summed E-state index contributed by atoms with van der Waals surface area (Å²) < 4.78 is 17.7. The van der Waals surface area contributed by atoms with Crippen LogP contribution in [0.15, 0.2) is 81.0 Å². The number of halogens is 2. The van der Waals surface area contributed by atoms with E-state index in [2.05, 4.69) is 10.1 Å². The van der Waals surface area contributed by atoms with Gasteiger partial charge in [-0.05, 0) is 55.8 Å². The third-order valence-electron chi connectivity index (χ3n) is 5.66. The van der Waals surface area contributed by atoms with E-state index in [9.17, 15) is 9.59 Å². The molecule has 10 heteroatoms. The highest BCUT2D eigenvalue weighted by Crippen LogP contribution is 2.35. The van der Waals surface area contributed by atoms with Crippen LogP contribution in [0.1, 0.15) is 19.4 Å². The van der Waals surface area contributed by atoms with Gasteiger partial charge < -0.3 is 13.9 Å². The van der Waals surface area contributed by atoms with Crippen molar-refractivity contribution in [2.45, 2.75) is 20.0 Å². The fourth-order valence-electron chi connectivity index (χ4n) is 3.86. The molecular weight excluding hydrogens is 529 g/mol. The number of carbonyl (C=O) groups excluding carboxylic acids is 1. The molecule has 0 saturated carbocycles. The Morgan fingerprint density at radius 2 is 1.82 bits per heavy atom. The molecule has 0 radical (unpaired) electrons. The van der Waals surface area contributed by atoms with Crippen LogP contribution in [-0.4, -0.2) is 34.6 Å². The van der Waals surface area contributed by atoms with E-state index in [4.69, 9.17) is 37.1 Å². The van der Waals surface area contributed by atoms with Gasteiger partial charge in [-0.15, -0.1) is 0 Å². The summed E-state index contributed by atoms with van der Waals surface area (Å²) in [5.41, 5.74) is 1.30. The fraction of sp³-hybridized carbons (Fsp3) is 0.143. The smallest absolute Gasteiger partial charge is 0.347 e. The molecule has 2 aromatic heterocycles. The number of rotatable bonds is 7. The third kappa shape index (κ3) is 5.01. The normalized spacial score (nSPS) is 12.3. The van der Waals surface area contributed by atoms with Crippen molar-refractivity contribution in [3.05, 3.63) is 92.7 Å². The van der Waals surface area contributed by atoms with E-state index < -0.39 is 12.1 Å². The van der Waals surface area contributed by atoms with E-state index in [1.54, 1.807) is 50.2 Å². The highest BCUT2D eigenvalue weighted by atomic mass is 35.5. The maximum atomic E-state index is 13.4. The first-order valence-corrected chi connectivity index (χ1v) is 12.5. The van der Waals surface area contributed by atoms with Gasteiger partial charge in [0, 0.05) is 5.39 Å². The molecule has 5 aromatic rings. The van der Waals surface area contributed by atoms with Crippen LogP contribution in [-0.2, 0) is 9.53 Å². The molecule has 1 atom stereocenters. The van der Waals surface area contributed by atoms with Crippen LogP contribution < -0.4 is 10.3 Å². The molecule has 0 unspecified atom stereocenters. The first-order valence-electron chi connectivity index (χ1n) is 11.7. The van der Waals surface area contributed by atoms with Gasteiger partial charge in [0.25, 0.3) is 5.56 Å². The van der Waals surface area contributed by atoms with Gasteiger partial charge in [0.15, 0.2) is 17.6 Å². The van der Waals surface area contributed by atoms with Crippen molar-refractivity contribution in [2.24, 2.45) is 5.10 Å². The number of hydrogen-bond donors (Lipinski definition) is 0. The summed E-state index contributed by atoms with van der Waals surface area (Å²) >= 11 is 12.8. The second-order valence-electron chi connectivity index (χ2n) is 8.29. The van der Waals surface area contributed by atoms with E-state index in [0.29, 0.717) is 27.8 Å². The lowest BCUT2D eigenvalue weighted by Gasteiger charge is -2.16. The van der Waals surface area contributed by atoms with Gasteiger partial charge in [-0.25, -0.2) is 9.78 Å². The standard InChI is InChI=1S/C28H21Cl2N3O5/c1-3-36-28(35)16(2)37-25-20(29)12-17(13-21(25)30)15-31-33-26(24-14-18-8-4-7-11-23(18)38-24)32-22-10-6-5-9-19(22)27(33)34/h4-16H,3H2,1-2H3/t16-/m1/s1. The van der Waals surface area contributed by atoms with E-state index in [1.807, 2.05) is 30.3 Å². The number of benzene rings is 3. The van der Waals surface area contributed by atoms with E-state index >= 15 is 0 Å². The highest BCUT2D eigenvalue weighted by Gasteiger charge is 2.20. The quantitative estimate of drug-likeness (QED) is 0.174. The van der Waals surface area contributed by atoms with Crippen molar-refractivity contribution in [1.29, 1.82) is 0 Å². The molecule has 38 heavy (non-hydrogen) atoms. The molecule has 0 spiro atoms. The fourth-order valence-corrected chi connectivity index (χ4v) is 4.45. The zero-order valence-corrected chi connectivity index (χ0v) is 21.9. The van der Waals surface area contributed by atoms with Crippen molar-refractivity contribution < 1.29 is 18.7 Å². The summed E-state index contributed by atoms with van der Waals surface area (Å²) in [6.07, 6.45) is 0.526. The molecule has 0 aliphatic carbocycles. The molecule has 2 heterocycles. The molecule has 8 nitrogen and oxygen atoms in total. The predicted octanol–water partition coefficient (Wildman–Crippen LogP) is 6.33. The third-order valence-corrected chi connectivity index (χ3v) is 6.22.